The summed E-state index contributed by atoms with van der Waals surface area (Å²) in [5.41, 5.74) is 8.02. The number of para-hydroxylation sites is 2. The highest BCUT2D eigenvalue weighted by atomic mass is 15.0. The lowest BCUT2D eigenvalue weighted by atomic mass is 10.0. The summed E-state index contributed by atoms with van der Waals surface area (Å²) >= 11 is 0. The third kappa shape index (κ3) is 3.01. The van der Waals surface area contributed by atoms with E-state index < -0.39 is 0 Å². The summed E-state index contributed by atoms with van der Waals surface area (Å²) in [4.78, 5) is 4.70. The minimum Gasteiger partial charge on any atom is -0.309 e. The quantitative estimate of drug-likeness (QED) is 0.303. The van der Waals surface area contributed by atoms with E-state index in [1.54, 1.807) is 0 Å². The first kappa shape index (κ1) is 17.7. The second-order valence-electron chi connectivity index (χ2n) is 7.72. The van der Waals surface area contributed by atoms with Gasteiger partial charge in [0.2, 0.25) is 0 Å². The number of rotatable bonds is 3. The minimum atomic E-state index is 0.970. The lowest BCUT2D eigenvalue weighted by molar-refractivity contribution is 1.16. The van der Waals surface area contributed by atoms with Crippen LogP contribution in [0, 0.1) is 0 Å². The maximum atomic E-state index is 4.70. The van der Waals surface area contributed by atoms with Gasteiger partial charge in [0, 0.05) is 28.2 Å². The molecule has 0 unspecified atom stereocenters. The topological polar surface area (TPSA) is 17.8 Å². The highest BCUT2D eigenvalue weighted by molar-refractivity contribution is 6.09. The van der Waals surface area contributed by atoms with E-state index in [0.29, 0.717) is 0 Å². The second kappa shape index (κ2) is 7.26. The highest BCUT2D eigenvalue weighted by Gasteiger charge is 2.12. The first-order valence-electron chi connectivity index (χ1n) is 10.5. The van der Waals surface area contributed by atoms with E-state index in [9.17, 15) is 0 Å². The molecular formula is C29H20N2. The van der Waals surface area contributed by atoms with Gasteiger partial charge in [-0.25, -0.2) is 0 Å². The fraction of sp³-hybridized carbons (Fsp3) is 0. The molecule has 2 heteroatoms. The predicted octanol–water partition coefficient (Wildman–Crippen LogP) is 7.51. The Morgan fingerprint density at radius 1 is 0.484 bits per heavy atom. The number of nitrogens with zero attached hydrogens (tertiary/aromatic N) is 2. The van der Waals surface area contributed by atoms with Gasteiger partial charge in [-0.05, 0) is 41.5 Å². The number of benzene rings is 4. The zero-order valence-electron chi connectivity index (χ0n) is 16.9. The number of pyridine rings is 1. The van der Waals surface area contributed by atoms with Crippen LogP contribution in [-0.2, 0) is 0 Å². The molecule has 6 rings (SSSR count). The van der Waals surface area contributed by atoms with Gasteiger partial charge in [0.15, 0.2) is 0 Å². The van der Waals surface area contributed by atoms with Crippen LogP contribution in [0.4, 0.5) is 0 Å². The van der Waals surface area contributed by atoms with Crippen molar-refractivity contribution in [2.75, 3.05) is 0 Å². The van der Waals surface area contributed by atoms with Crippen molar-refractivity contribution in [3.05, 3.63) is 121 Å². The number of aromatic nitrogens is 2. The summed E-state index contributed by atoms with van der Waals surface area (Å²) in [6, 6.07) is 40.5. The van der Waals surface area contributed by atoms with Gasteiger partial charge >= 0.3 is 0 Å². The van der Waals surface area contributed by atoms with Crippen molar-refractivity contribution < 1.29 is 0 Å². The Hall–Kier alpha value is -4.17. The Balaban J connectivity index is 1.53. The van der Waals surface area contributed by atoms with Crippen molar-refractivity contribution in [3.63, 3.8) is 0 Å². The van der Waals surface area contributed by atoms with E-state index in [0.717, 1.165) is 16.9 Å². The molecule has 0 aliphatic carbocycles. The number of fused-ring (bicyclic) bond motifs is 3. The van der Waals surface area contributed by atoms with Crippen LogP contribution in [0.1, 0.15) is 0 Å². The van der Waals surface area contributed by atoms with Gasteiger partial charge < -0.3 is 4.57 Å². The number of hydrogen-bond acceptors (Lipinski definition) is 1. The summed E-state index contributed by atoms with van der Waals surface area (Å²) in [5, 5.41) is 2.53. The first-order chi connectivity index (χ1) is 15.4. The monoisotopic (exact) mass is 396 g/mol. The SMILES string of the molecule is c1ccc(-c2cccc(-c3cc(-n4c5ccccc5c5ccccc54)ccn3)c2)cc1. The zero-order valence-corrected chi connectivity index (χ0v) is 16.9. The Bertz CT molecular complexity index is 1470. The molecule has 4 aromatic carbocycles. The molecule has 0 aliphatic heterocycles. The van der Waals surface area contributed by atoms with Crippen molar-refractivity contribution in [1.29, 1.82) is 0 Å². The van der Waals surface area contributed by atoms with E-state index >= 15 is 0 Å². The predicted molar refractivity (Wildman–Crippen MR) is 129 cm³/mol. The van der Waals surface area contributed by atoms with Gasteiger partial charge in [0.1, 0.15) is 0 Å². The summed E-state index contributed by atoms with van der Waals surface area (Å²) in [5.74, 6) is 0. The molecule has 0 saturated carbocycles. The van der Waals surface area contributed by atoms with Crippen LogP contribution in [-0.4, -0.2) is 9.55 Å². The lowest BCUT2D eigenvalue weighted by Crippen LogP contribution is -1.95. The Morgan fingerprint density at radius 2 is 1.10 bits per heavy atom. The van der Waals surface area contributed by atoms with Crippen LogP contribution in [0.15, 0.2) is 121 Å². The van der Waals surface area contributed by atoms with E-state index in [1.807, 2.05) is 12.3 Å². The van der Waals surface area contributed by atoms with E-state index in [1.165, 1.54) is 32.9 Å². The maximum absolute atomic E-state index is 4.70. The van der Waals surface area contributed by atoms with Crippen LogP contribution in [0.2, 0.25) is 0 Å². The summed E-state index contributed by atoms with van der Waals surface area (Å²) < 4.78 is 2.33. The van der Waals surface area contributed by atoms with Gasteiger partial charge in [-0.3, -0.25) is 4.98 Å². The average molecular weight is 396 g/mol. The third-order valence-electron chi connectivity index (χ3n) is 5.85. The fourth-order valence-electron chi connectivity index (χ4n) is 4.41. The molecule has 0 amide bonds. The van der Waals surface area contributed by atoms with Crippen molar-refractivity contribution in [2.24, 2.45) is 0 Å². The van der Waals surface area contributed by atoms with Gasteiger partial charge in [-0.15, -0.1) is 0 Å². The minimum absolute atomic E-state index is 0.970. The molecule has 0 aliphatic rings. The molecular weight excluding hydrogens is 376 g/mol. The molecule has 0 atom stereocenters. The third-order valence-corrected chi connectivity index (χ3v) is 5.85. The summed E-state index contributed by atoms with van der Waals surface area (Å²) in [7, 11) is 0. The fourth-order valence-corrected chi connectivity index (χ4v) is 4.41. The van der Waals surface area contributed by atoms with Gasteiger partial charge in [-0.1, -0.05) is 84.9 Å². The highest BCUT2D eigenvalue weighted by Crippen LogP contribution is 2.33. The molecule has 2 aromatic heterocycles. The molecule has 6 aromatic rings. The van der Waals surface area contributed by atoms with Gasteiger partial charge in [0.25, 0.3) is 0 Å². The summed E-state index contributed by atoms with van der Waals surface area (Å²) in [6.07, 6.45) is 1.91. The van der Waals surface area contributed by atoms with E-state index in [-0.39, 0.29) is 0 Å². The molecule has 31 heavy (non-hydrogen) atoms. The molecule has 146 valence electrons. The van der Waals surface area contributed by atoms with Crippen molar-refractivity contribution in [2.45, 2.75) is 0 Å². The van der Waals surface area contributed by atoms with Crippen molar-refractivity contribution in [3.8, 4) is 28.1 Å². The van der Waals surface area contributed by atoms with E-state index in [2.05, 4.69) is 114 Å². The Morgan fingerprint density at radius 3 is 1.84 bits per heavy atom. The van der Waals surface area contributed by atoms with Crippen molar-refractivity contribution in [1.82, 2.24) is 9.55 Å². The lowest BCUT2D eigenvalue weighted by Gasteiger charge is -2.10. The van der Waals surface area contributed by atoms with E-state index in [4.69, 9.17) is 4.98 Å². The smallest absolute Gasteiger partial charge is 0.0723 e. The largest absolute Gasteiger partial charge is 0.309 e. The average Bonchev–Trinajstić information content (AvgIpc) is 3.19. The molecule has 0 fully saturated rings. The van der Waals surface area contributed by atoms with Crippen LogP contribution in [0.3, 0.4) is 0 Å². The molecule has 0 radical (unpaired) electrons. The second-order valence-corrected chi connectivity index (χ2v) is 7.72. The first-order valence-corrected chi connectivity index (χ1v) is 10.5. The van der Waals surface area contributed by atoms with Crippen LogP contribution in [0.5, 0.6) is 0 Å². The number of hydrogen-bond donors (Lipinski definition) is 0. The molecule has 2 heterocycles. The molecule has 0 N–H and O–H groups in total. The Labute approximate surface area is 181 Å². The van der Waals surface area contributed by atoms with Crippen LogP contribution >= 0.6 is 0 Å². The standard InChI is InChI=1S/C29H20N2/c1-2-9-21(10-3-1)22-11-8-12-23(19-22)27-20-24(17-18-30-27)31-28-15-6-4-13-25(28)26-14-5-7-16-29(26)31/h1-20H. The van der Waals surface area contributed by atoms with Crippen LogP contribution < -0.4 is 0 Å². The molecule has 2 nitrogen and oxygen atoms in total. The molecule has 0 saturated heterocycles. The zero-order chi connectivity index (χ0) is 20.6. The van der Waals surface area contributed by atoms with Crippen molar-refractivity contribution >= 4 is 21.8 Å². The Kier molecular flexibility index (Phi) is 4.14. The van der Waals surface area contributed by atoms with Gasteiger partial charge in [0.05, 0.1) is 16.7 Å². The normalized spacial score (nSPS) is 11.2. The molecule has 0 spiro atoms. The molecule has 0 bridgehead atoms. The maximum Gasteiger partial charge on any atom is 0.0723 e. The van der Waals surface area contributed by atoms with Gasteiger partial charge in [-0.2, -0.15) is 0 Å². The van der Waals surface area contributed by atoms with Crippen LogP contribution in [0.25, 0.3) is 49.9 Å². The summed E-state index contributed by atoms with van der Waals surface area (Å²) in [6.45, 7) is 0.